The minimum Gasteiger partial charge on any atom is -0.463 e. The van der Waals surface area contributed by atoms with Gasteiger partial charge in [-0.15, -0.1) is 0 Å². The van der Waals surface area contributed by atoms with Crippen LogP contribution in [0.15, 0.2) is 53.4 Å². The van der Waals surface area contributed by atoms with E-state index in [1.54, 1.807) is 13.8 Å². The van der Waals surface area contributed by atoms with Gasteiger partial charge in [0.2, 0.25) is 15.9 Å². The van der Waals surface area contributed by atoms with Gasteiger partial charge < -0.3 is 10.1 Å². The molecule has 1 aliphatic rings. The van der Waals surface area contributed by atoms with E-state index < -0.39 is 33.8 Å². The van der Waals surface area contributed by atoms with Crippen LogP contribution in [-0.2, 0) is 24.3 Å². The summed E-state index contributed by atoms with van der Waals surface area (Å²) in [6.07, 6.45) is 0.336. The van der Waals surface area contributed by atoms with Crippen LogP contribution < -0.4 is 5.32 Å². The Morgan fingerprint density at radius 3 is 2.29 bits per heavy atom. The number of amides is 1. The normalized spacial score (nSPS) is 16.3. The highest BCUT2D eigenvalue weighted by Crippen LogP contribution is 2.27. The molecule has 34 heavy (non-hydrogen) atoms. The van der Waals surface area contributed by atoms with Crippen molar-refractivity contribution in [2.75, 3.05) is 13.1 Å². The summed E-state index contributed by atoms with van der Waals surface area (Å²) < 4.78 is 46.2. The number of halogens is 1. The fourth-order valence-electron chi connectivity index (χ4n) is 3.97. The molecule has 1 N–H and O–H groups in total. The lowest BCUT2D eigenvalue weighted by molar-refractivity contribution is -0.148. The number of hydrogen-bond acceptors (Lipinski definition) is 5. The van der Waals surface area contributed by atoms with Crippen LogP contribution in [0.4, 0.5) is 4.39 Å². The number of aryl methyl sites for hydroxylation is 1. The van der Waals surface area contributed by atoms with Crippen molar-refractivity contribution in [2.24, 2.45) is 5.92 Å². The van der Waals surface area contributed by atoms with Crippen LogP contribution in [0.5, 0.6) is 0 Å². The molecule has 2 aromatic carbocycles. The molecule has 0 aromatic heterocycles. The molecule has 0 spiro atoms. The highest BCUT2D eigenvalue weighted by molar-refractivity contribution is 7.89. The number of hydrogen-bond donors (Lipinski definition) is 1. The second kappa shape index (κ2) is 11.1. The number of esters is 1. The van der Waals surface area contributed by atoms with Gasteiger partial charge in [0.1, 0.15) is 10.7 Å². The molecule has 1 aliphatic heterocycles. The van der Waals surface area contributed by atoms with Gasteiger partial charge >= 0.3 is 5.97 Å². The van der Waals surface area contributed by atoms with Crippen molar-refractivity contribution in [3.8, 4) is 0 Å². The third-order valence-corrected chi connectivity index (χ3v) is 7.75. The third kappa shape index (κ3) is 6.42. The quantitative estimate of drug-likeness (QED) is 0.569. The molecular formula is C25H31FN2O5S. The molecule has 0 radical (unpaired) electrons. The van der Waals surface area contributed by atoms with E-state index in [0.717, 1.165) is 17.2 Å². The summed E-state index contributed by atoms with van der Waals surface area (Å²) in [6, 6.07) is 12.3. The van der Waals surface area contributed by atoms with Crippen molar-refractivity contribution in [1.82, 2.24) is 9.62 Å². The molecule has 184 valence electrons. The van der Waals surface area contributed by atoms with Crippen molar-refractivity contribution in [2.45, 2.75) is 57.1 Å². The lowest BCUT2D eigenvalue weighted by Gasteiger charge is -2.31. The van der Waals surface area contributed by atoms with Crippen LogP contribution in [0.3, 0.4) is 0 Å². The fraction of sp³-hybridized carbons (Fsp3) is 0.440. The second-order valence-corrected chi connectivity index (χ2v) is 10.7. The van der Waals surface area contributed by atoms with Crippen molar-refractivity contribution in [3.05, 3.63) is 65.5 Å². The van der Waals surface area contributed by atoms with E-state index in [4.69, 9.17) is 4.74 Å². The van der Waals surface area contributed by atoms with Crippen molar-refractivity contribution >= 4 is 21.9 Å². The molecule has 9 heteroatoms. The minimum atomic E-state index is -3.97. The molecule has 0 saturated carbocycles. The van der Waals surface area contributed by atoms with Crippen LogP contribution in [0.1, 0.15) is 50.3 Å². The first-order valence-corrected chi connectivity index (χ1v) is 12.8. The van der Waals surface area contributed by atoms with Crippen LogP contribution in [0, 0.1) is 18.7 Å². The number of nitrogens with one attached hydrogen (secondary N) is 1. The number of ether oxygens (including phenoxy) is 1. The van der Waals surface area contributed by atoms with E-state index in [0.29, 0.717) is 12.8 Å². The number of piperidine rings is 1. The van der Waals surface area contributed by atoms with Gasteiger partial charge in [-0.05, 0) is 51.3 Å². The largest absolute Gasteiger partial charge is 0.463 e. The van der Waals surface area contributed by atoms with E-state index in [1.165, 1.54) is 22.5 Å². The SMILES string of the molecule is Cc1ccc(C(CC(=O)OC(C)C)NC(=O)C2CCN(S(=O)(=O)c3ccccc3F)CC2)cc1. The van der Waals surface area contributed by atoms with Crippen molar-refractivity contribution in [3.63, 3.8) is 0 Å². The molecule has 1 fully saturated rings. The van der Waals surface area contributed by atoms with Gasteiger partial charge in [0.15, 0.2) is 0 Å². The zero-order valence-corrected chi connectivity index (χ0v) is 20.5. The third-order valence-electron chi connectivity index (χ3n) is 5.81. The first-order valence-electron chi connectivity index (χ1n) is 11.4. The van der Waals surface area contributed by atoms with Crippen LogP contribution in [0.25, 0.3) is 0 Å². The topological polar surface area (TPSA) is 92.8 Å². The Morgan fingerprint density at radius 2 is 1.71 bits per heavy atom. The number of carbonyl (C=O) groups is 2. The van der Waals surface area contributed by atoms with Gasteiger partial charge in [0.25, 0.3) is 0 Å². The lowest BCUT2D eigenvalue weighted by Crippen LogP contribution is -2.44. The predicted molar refractivity (Wildman–Crippen MR) is 126 cm³/mol. The molecule has 0 bridgehead atoms. The first kappa shape index (κ1) is 25.8. The standard InChI is InChI=1S/C25H31FN2O5S/c1-17(2)33-24(29)16-22(19-10-8-18(3)9-11-19)27-25(30)20-12-14-28(15-13-20)34(31,32)23-7-5-4-6-21(23)26/h4-11,17,20,22H,12-16H2,1-3H3,(H,27,30). The number of sulfonamides is 1. The summed E-state index contributed by atoms with van der Waals surface area (Å²) in [5.74, 6) is -1.87. The summed E-state index contributed by atoms with van der Waals surface area (Å²) in [5, 5.41) is 2.95. The molecule has 1 amide bonds. The summed E-state index contributed by atoms with van der Waals surface area (Å²) in [7, 11) is -3.97. The minimum absolute atomic E-state index is 0.00646. The zero-order chi connectivity index (χ0) is 24.9. The van der Waals surface area contributed by atoms with Crippen LogP contribution in [-0.4, -0.2) is 43.8 Å². The summed E-state index contributed by atoms with van der Waals surface area (Å²) >= 11 is 0. The van der Waals surface area contributed by atoms with Gasteiger partial charge in [-0.3, -0.25) is 9.59 Å². The highest BCUT2D eigenvalue weighted by Gasteiger charge is 2.34. The van der Waals surface area contributed by atoms with Gasteiger partial charge in [-0.25, -0.2) is 12.8 Å². The molecule has 1 saturated heterocycles. The van der Waals surface area contributed by atoms with E-state index in [-0.39, 0.29) is 36.4 Å². The molecule has 2 aromatic rings. The second-order valence-electron chi connectivity index (χ2n) is 8.82. The van der Waals surface area contributed by atoms with E-state index in [1.807, 2.05) is 31.2 Å². The number of benzene rings is 2. The lowest BCUT2D eigenvalue weighted by atomic mass is 9.95. The Hall–Kier alpha value is -2.78. The average Bonchev–Trinajstić information content (AvgIpc) is 2.79. The molecule has 0 aliphatic carbocycles. The van der Waals surface area contributed by atoms with Crippen molar-refractivity contribution < 1.29 is 27.1 Å². The predicted octanol–water partition coefficient (Wildman–Crippen LogP) is 3.73. The Morgan fingerprint density at radius 1 is 1.09 bits per heavy atom. The number of rotatable bonds is 8. The van der Waals surface area contributed by atoms with Crippen LogP contribution in [0.2, 0.25) is 0 Å². The van der Waals surface area contributed by atoms with E-state index in [9.17, 15) is 22.4 Å². The monoisotopic (exact) mass is 490 g/mol. The maximum Gasteiger partial charge on any atom is 0.308 e. The Labute approximate surface area is 200 Å². The van der Waals surface area contributed by atoms with Crippen molar-refractivity contribution in [1.29, 1.82) is 0 Å². The summed E-state index contributed by atoms with van der Waals surface area (Å²) in [4.78, 5) is 25.0. The Bertz CT molecular complexity index is 1110. The van der Waals surface area contributed by atoms with Gasteiger partial charge in [0.05, 0.1) is 18.6 Å². The average molecular weight is 491 g/mol. The van der Waals surface area contributed by atoms with E-state index in [2.05, 4.69) is 5.32 Å². The molecule has 1 heterocycles. The van der Waals surface area contributed by atoms with Crippen LogP contribution >= 0.6 is 0 Å². The maximum atomic E-state index is 14.1. The zero-order valence-electron chi connectivity index (χ0n) is 19.7. The fourth-order valence-corrected chi connectivity index (χ4v) is 5.50. The highest BCUT2D eigenvalue weighted by atomic mass is 32.2. The summed E-state index contributed by atoms with van der Waals surface area (Å²) in [5.41, 5.74) is 1.85. The Kier molecular flexibility index (Phi) is 8.43. The number of nitrogens with zero attached hydrogens (tertiary/aromatic N) is 1. The smallest absolute Gasteiger partial charge is 0.308 e. The molecule has 3 rings (SSSR count). The maximum absolute atomic E-state index is 14.1. The van der Waals surface area contributed by atoms with E-state index >= 15 is 0 Å². The molecule has 1 atom stereocenters. The molecular weight excluding hydrogens is 459 g/mol. The van der Waals surface area contributed by atoms with Gasteiger partial charge in [-0.1, -0.05) is 42.0 Å². The van der Waals surface area contributed by atoms with Gasteiger partial charge in [-0.2, -0.15) is 4.31 Å². The molecule has 1 unspecified atom stereocenters. The first-order chi connectivity index (χ1) is 16.1. The Balaban J connectivity index is 1.66. The molecule has 7 nitrogen and oxygen atoms in total. The summed E-state index contributed by atoms with van der Waals surface area (Å²) in [6.45, 7) is 5.70. The van der Waals surface area contributed by atoms with Gasteiger partial charge in [0, 0.05) is 19.0 Å². The number of carbonyl (C=O) groups excluding carboxylic acids is 2.